The van der Waals surface area contributed by atoms with Gasteiger partial charge in [-0.3, -0.25) is 4.79 Å². The number of nitrogens with one attached hydrogen (secondary N) is 1. The molecule has 0 radical (unpaired) electrons. The molecule has 0 aliphatic heterocycles. The summed E-state index contributed by atoms with van der Waals surface area (Å²) in [5, 5.41) is 4.76. The lowest BCUT2D eigenvalue weighted by molar-refractivity contribution is 0.0950. The largest absolute Gasteiger partial charge is 0.304 e. The molecule has 0 saturated heterocycles. The number of nitrogens with zero attached hydrogens (tertiary/aromatic N) is 3. The van der Waals surface area contributed by atoms with Crippen molar-refractivity contribution >= 4 is 28.9 Å². The summed E-state index contributed by atoms with van der Waals surface area (Å²) in [5.41, 5.74) is 5.93. The monoisotopic (exact) mass is 326 g/mol. The molecular formula is C17H15ClN4O. The molecule has 0 atom stereocenters. The predicted octanol–water partition coefficient (Wildman–Crippen LogP) is 3.45. The van der Waals surface area contributed by atoms with Crippen LogP contribution in [-0.4, -0.2) is 21.0 Å². The van der Waals surface area contributed by atoms with Crippen LogP contribution in [0.5, 0.6) is 0 Å². The molecule has 0 bridgehead atoms. The molecule has 1 aromatic carbocycles. The molecule has 0 unspecified atom stereocenters. The molecule has 1 N–H and O–H groups in total. The van der Waals surface area contributed by atoms with Crippen molar-refractivity contribution < 1.29 is 4.79 Å². The average molecular weight is 327 g/mol. The van der Waals surface area contributed by atoms with Crippen LogP contribution in [-0.2, 0) is 0 Å². The van der Waals surface area contributed by atoms with Crippen LogP contribution in [0.1, 0.15) is 28.7 Å². The van der Waals surface area contributed by atoms with Crippen molar-refractivity contribution in [2.45, 2.75) is 13.8 Å². The molecule has 2 aromatic heterocycles. The molecule has 3 rings (SSSR count). The number of pyridine rings is 1. The highest BCUT2D eigenvalue weighted by atomic mass is 35.5. The molecular weight excluding hydrogens is 312 g/mol. The second-order valence-corrected chi connectivity index (χ2v) is 5.56. The third-order valence-corrected chi connectivity index (χ3v) is 3.79. The molecule has 0 aliphatic carbocycles. The van der Waals surface area contributed by atoms with E-state index in [9.17, 15) is 4.79 Å². The number of halogens is 1. The summed E-state index contributed by atoms with van der Waals surface area (Å²) in [7, 11) is 0. The van der Waals surface area contributed by atoms with E-state index in [0.717, 1.165) is 16.9 Å². The number of imidazole rings is 1. The van der Waals surface area contributed by atoms with Crippen molar-refractivity contribution in [3.63, 3.8) is 0 Å². The van der Waals surface area contributed by atoms with Crippen molar-refractivity contribution in [1.82, 2.24) is 14.8 Å². The van der Waals surface area contributed by atoms with Gasteiger partial charge in [-0.1, -0.05) is 29.8 Å². The Balaban J connectivity index is 1.83. The second-order valence-electron chi connectivity index (χ2n) is 5.12. The zero-order valence-electron chi connectivity index (χ0n) is 12.7. The Kier molecular flexibility index (Phi) is 4.12. The van der Waals surface area contributed by atoms with E-state index >= 15 is 0 Å². The predicted molar refractivity (Wildman–Crippen MR) is 91.1 cm³/mol. The molecule has 0 fully saturated rings. The van der Waals surface area contributed by atoms with Crippen LogP contribution < -0.4 is 5.43 Å². The molecule has 0 spiro atoms. The Morgan fingerprint density at radius 3 is 2.83 bits per heavy atom. The lowest BCUT2D eigenvalue weighted by Crippen LogP contribution is -2.20. The van der Waals surface area contributed by atoms with Gasteiger partial charge in [-0.05, 0) is 43.7 Å². The highest BCUT2D eigenvalue weighted by Crippen LogP contribution is 2.13. The van der Waals surface area contributed by atoms with Gasteiger partial charge in [-0.2, -0.15) is 5.10 Å². The first-order chi connectivity index (χ1) is 11.1. The van der Waals surface area contributed by atoms with Crippen LogP contribution in [0.25, 0.3) is 5.65 Å². The number of aryl methyl sites for hydroxylation is 1. The molecule has 3 aromatic rings. The number of fused-ring (bicyclic) bond motifs is 1. The number of carbonyl (C=O) groups is 1. The number of hydrogen-bond donors (Lipinski definition) is 1. The van der Waals surface area contributed by atoms with Gasteiger partial charge in [0.15, 0.2) is 5.69 Å². The smallest absolute Gasteiger partial charge is 0.291 e. The van der Waals surface area contributed by atoms with Crippen molar-refractivity contribution in [2.75, 3.05) is 0 Å². The van der Waals surface area contributed by atoms with Crippen LogP contribution in [0.3, 0.4) is 0 Å². The molecule has 0 aliphatic rings. The Hall–Kier alpha value is -2.66. The SMILES string of the molecule is C/C(=N/NC(=O)c1nc2ccccn2c1C)c1cccc(Cl)c1. The zero-order valence-corrected chi connectivity index (χ0v) is 13.5. The summed E-state index contributed by atoms with van der Waals surface area (Å²) in [6.45, 7) is 3.66. The number of rotatable bonds is 3. The minimum atomic E-state index is -0.340. The second kappa shape index (κ2) is 6.22. The molecule has 5 nitrogen and oxygen atoms in total. The molecule has 0 saturated carbocycles. The summed E-state index contributed by atoms with van der Waals surface area (Å²) in [4.78, 5) is 16.7. The van der Waals surface area contributed by atoms with Gasteiger partial charge in [0.2, 0.25) is 0 Å². The van der Waals surface area contributed by atoms with E-state index in [0.29, 0.717) is 16.4 Å². The summed E-state index contributed by atoms with van der Waals surface area (Å²) in [6.07, 6.45) is 1.87. The first kappa shape index (κ1) is 15.2. The van der Waals surface area contributed by atoms with E-state index in [1.807, 2.05) is 54.8 Å². The number of hydrazone groups is 1. The van der Waals surface area contributed by atoms with Gasteiger partial charge in [-0.25, -0.2) is 10.4 Å². The topological polar surface area (TPSA) is 58.8 Å². The highest BCUT2D eigenvalue weighted by Gasteiger charge is 2.15. The quantitative estimate of drug-likeness (QED) is 0.592. The van der Waals surface area contributed by atoms with Gasteiger partial charge in [0.05, 0.1) is 11.4 Å². The van der Waals surface area contributed by atoms with Crippen molar-refractivity contribution in [3.05, 3.63) is 70.6 Å². The average Bonchev–Trinajstić information content (AvgIpc) is 2.90. The fraction of sp³-hybridized carbons (Fsp3) is 0.118. The Morgan fingerprint density at radius 1 is 1.26 bits per heavy atom. The van der Waals surface area contributed by atoms with Crippen molar-refractivity contribution in [1.29, 1.82) is 0 Å². The number of amides is 1. The number of hydrogen-bond acceptors (Lipinski definition) is 3. The fourth-order valence-corrected chi connectivity index (χ4v) is 2.49. The highest BCUT2D eigenvalue weighted by molar-refractivity contribution is 6.31. The maximum absolute atomic E-state index is 12.3. The van der Waals surface area contributed by atoms with Gasteiger partial charge < -0.3 is 4.40 Å². The number of benzene rings is 1. The molecule has 116 valence electrons. The van der Waals surface area contributed by atoms with Gasteiger partial charge in [0.25, 0.3) is 5.91 Å². The summed E-state index contributed by atoms with van der Waals surface area (Å²) in [6, 6.07) is 12.9. The van der Waals surface area contributed by atoms with Gasteiger partial charge in [0, 0.05) is 11.2 Å². The summed E-state index contributed by atoms with van der Waals surface area (Å²) >= 11 is 5.96. The zero-order chi connectivity index (χ0) is 16.4. The number of aromatic nitrogens is 2. The maximum atomic E-state index is 12.3. The van der Waals surface area contributed by atoms with Crippen molar-refractivity contribution in [2.24, 2.45) is 5.10 Å². The minimum Gasteiger partial charge on any atom is -0.304 e. The summed E-state index contributed by atoms with van der Waals surface area (Å²) in [5.74, 6) is -0.340. The van der Waals surface area contributed by atoms with Crippen LogP contribution in [0.2, 0.25) is 5.02 Å². The van der Waals surface area contributed by atoms with Gasteiger partial charge >= 0.3 is 0 Å². The number of carbonyl (C=O) groups excluding carboxylic acids is 1. The van der Waals surface area contributed by atoms with E-state index in [-0.39, 0.29) is 5.91 Å². The van der Waals surface area contributed by atoms with Gasteiger partial charge in [0.1, 0.15) is 5.65 Å². The van der Waals surface area contributed by atoms with Crippen LogP contribution in [0.15, 0.2) is 53.8 Å². The molecule has 6 heteroatoms. The van der Waals surface area contributed by atoms with Gasteiger partial charge in [-0.15, -0.1) is 0 Å². The van der Waals surface area contributed by atoms with E-state index in [4.69, 9.17) is 11.6 Å². The Morgan fingerprint density at radius 2 is 2.09 bits per heavy atom. The third kappa shape index (κ3) is 3.10. The lowest BCUT2D eigenvalue weighted by atomic mass is 10.1. The molecule has 1 amide bonds. The lowest BCUT2D eigenvalue weighted by Gasteiger charge is -2.03. The van der Waals surface area contributed by atoms with Crippen molar-refractivity contribution in [3.8, 4) is 0 Å². The third-order valence-electron chi connectivity index (χ3n) is 3.55. The molecule has 2 heterocycles. The van der Waals surface area contributed by atoms with E-state index in [1.54, 1.807) is 12.1 Å². The van der Waals surface area contributed by atoms with Crippen LogP contribution in [0, 0.1) is 6.92 Å². The minimum absolute atomic E-state index is 0.340. The standard InChI is InChI=1S/C17H15ClN4O/c1-11(13-6-5-7-14(18)10-13)20-21-17(23)16-12(2)22-9-4-3-8-15(22)19-16/h3-10H,1-2H3,(H,21,23)/b20-11-. The normalized spacial score (nSPS) is 11.7. The first-order valence-corrected chi connectivity index (χ1v) is 7.48. The maximum Gasteiger partial charge on any atom is 0.291 e. The van der Waals surface area contributed by atoms with Crippen LogP contribution in [0.4, 0.5) is 0 Å². The van der Waals surface area contributed by atoms with E-state index in [2.05, 4.69) is 15.5 Å². The Labute approximate surface area is 138 Å². The van der Waals surface area contributed by atoms with E-state index < -0.39 is 0 Å². The molecule has 23 heavy (non-hydrogen) atoms. The Bertz CT molecular complexity index is 914. The first-order valence-electron chi connectivity index (χ1n) is 7.10. The van der Waals surface area contributed by atoms with Crippen LogP contribution >= 0.6 is 11.6 Å². The fourth-order valence-electron chi connectivity index (χ4n) is 2.30. The van der Waals surface area contributed by atoms with E-state index in [1.165, 1.54) is 0 Å². The summed E-state index contributed by atoms with van der Waals surface area (Å²) < 4.78 is 1.86.